The van der Waals surface area contributed by atoms with Crippen molar-refractivity contribution in [2.45, 2.75) is 25.2 Å². The average molecular weight is 213 g/mol. The van der Waals surface area contributed by atoms with Crippen molar-refractivity contribution < 1.29 is 10.2 Å². The molecule has 2 rings (SSSR count). The molecule has 2 aliphatic heterocycles. The number of rotatable bonds is 2. The zero-order valence-electron chi connectivity index (χ0n) is 9.13. The molecule has 0 atom stereocenters. The van der Waals surface area contributed by atoms with E-state index in [0.29, 0.717) is 18.4 Å². The maximum atomic E-state index is 9.18. The SMILES string of the molecule is CN1CCC(N2CCN=C2C(O)O)CC1. The van der Waals surface area contributed by atoms with E-state index in [1.54, 1.807) is 0 Å². The molecular formula is C10H19N3O2. The quantitative estimate of drug-likeness (QED) is 0.584. The number of nitrogens with zero attached hydrogens (tertiary/aromatic N) is 3. The first kappa shape index (κ1) is 10.9. The van der Waals surface area contributed by atoms with Crippen LogP contribution in [0, 0.1) is 0 Å². The Hall–Kier alpha value is -0.650. The second-order valence-electron chi connectivity index (χ2n) is 4.34. The lowest BCUT2D eigenvalue weighted by molar-refractivity contribution is 0.00728. The Morgan fingerprint density at radius 1 is 1.27 bits per heavy atom. The van der Waals surface area contributed by atoms with E-state index in [9.17, 15) is 10.2 Å². The van der Waals surface area contributed by atoms with E-state index >= 15 is 0 Å². The number of aliphatic imine (C=N–C) groups is 1. The Morgan fingerprint density at radius 2 is 1.93 bits per heavy atom. The summed E-state index contributed by atoms with van der Waals surface area (Å²) in [7, 11) is 2.12. The fraction of sp³-hybridized carbons (Fsp3) is 0.900. The number of hydrogen-bond acceptors (Lipinski definition) is 5. The summed E-state index contributed by atoms with van der Waals surface area (Å²) < 4.78 is 0. The smallest absolute Gasteiger partial charge is 0.211 e. The van der Waals surface area contributed by atoms with Crippen LogP contribution in [0.5, 0.6) is 0 Å². The monoisotopic (exact) mass is 213 g/mol. The number of piperidine rings is 1. The van der Waals surface area contributed by atoms with Crippen LogP contribution in [0.15, 0.2) is 4.99 Å². The van der Waals surface area contributed by atoms with Crippen molar-refractivity contribution in [1.82, 2.24) is 9.80 Å². The summed E-state index contributed by atoms with van der Waals surface area (Å²) in [4.78, 5) is 8.51. The molecule has 2 heterocycles. The van der Waals surface area contributed by atoms with Gasteiger partial charge < -0.3 is 20.0 Å². The molecule has 0 bridgehead atoms. The molecule has 1 saturated heterocycles. The van der Waals surface area contributed by atoms with Crippen molar-refractivity contribution in [3.63, 3.8) is 0 Å². The number of amidine groups is 1. The Morgan fingerprint density at radius 3 is 2.53 bits per heavy atom. The number of likely N-dealkylation sites (tertiary alicyclic amines) is 1. The summed E-state index contributed by atoms with van der Waals surface area (Å²) in [5.74, 6) is 0.463. The van der Waals surface area contributed by atoms with Gasteiger partial charge in [-0.1, -0.05) is 0 Å². The van der Waals surface area contributed by atoms with Gasteiger partial charge in [0.2, 0.25) is 6.29 Å². The summed E-state index contributed by atoms with van der Waals surface area (Å²) in [6.45, 7) is 3.69. The van der Waals surface area contributed by atoms with E-state index in [4.69, 9.17) is 0 Å². The molecule has 0 aromatic rings. The summed E-state index contributed by atoms with van der Waals surface area (Å²) in [5.41, 5.74) is 0. The van der Waals surface area contributed by atoms with Gasteiger partial charge in [-0.2, -0.15) is 0 Å². The zero-order chi connectivity index (χ0) is 10.8. The molecule has 0 aliphatic carbocycles. The molecule has 0 aromatic heterocycles. The van der Waals surface area contributed by atoms with Crippen molar-refractivity contribution in [1.29, 1.82) is 0 Å². The van der Waals surface area contributed by atoms with Gasteiger partial charge in [0.1, 0.15) is 0 Å². The minimum atomic E-state index is -1.41. The van der Waals surface area contributed by atoms with Gasteiger partial charge >= 0.3 is 0 Å². The molecule has 15 heavy (non-hydrogen) atoms. The van der Waals surface area contributed by atoms with Gasteiger partial charge in [0, 0.05) is 12.6 Å². The van der Waals surface area contributed by atoms with Crippen LogP contribution < -0.4 is 0 Å². The lowest BCUT2D eigenvalue weighted by atomic mass is 10.0. The van der Waals surface area contributed by atoms with Crippen LogP contribution in [-0.4, -0.2) is 71.4 Å². The summed E-state index contributed by atoms with van der Waals surface area (Å²) in [6, 6.07) is 0.434. The van der Waals surface area contributed by atoms with Crippen molar-refractivity contribution in [2.24, 2.45) is 4.99 Å². The van der Waals surface area contributed by atoms with E-state index in [-0.39, 0.29) is 0 Å². The predicted octanol–water partition coefficient (Wildman–Crippen LogP) is -0.895. The highest BCUT2D eigenvalue weighted by atomic mass is 16.5. The minimum absolute atomic E-state index is 0.434. The van der Waals surface area contributed by atoms with Gasteiger partial charge in [-0.05, 0) is 33.0 Å². The van der Waals surface area contributed by atoms with Crippen LogP contribution in [-0.2, 0) is 0 Å². The first-order valence-corrected chi connectivity index (χ1v) is 5.54. The van der Waals surface area contributed by atoms with Gasteiger partial charge in [-0.25, -0.2) is 0 Å². The molecule has 86 valence electrons. The van der Waals surface area contributed by atoms with Crippen LogP contribution in [0.1, 0.15) is 12.8 Å². The summed E-state index contributed by atoms with van der Waals surface area (Å²) in [5, 5.41) is 18.4. The standard InChI is InChI=1S/C10H19N3O2/c1-12-5-2-8(3-6-12)13-7-4-11-9(13)10(14)15/h8,10,14-15H,2-7H2,1H3. The highest BCUT2D eigenvalue weighted by Gasteiger charge is 2.30. The van der Waals surface area contributed by atoms with Gasteiger partial charge in [0.05, 0.1) is 6.54 Å². The molecule has 2 aliphatic rings. The predicted molar refractivity (Wildman–Crippen MR) is 57.8 cm³/mol. The van der Waals surface area contributed by atoms with Crippen LogP contribution in [0.4, 0.5) is 0 Å². The lowest BCUT2D eigenvalue weighted by Crippen LogP contribution is -2.48. The van der Waals surface area contributed by atoms with Crippen LogP contribution >= 0.6 is 0 Å². The first-order chi connectivity index (χ1) is 7.18. The number of aliphatic hydroxyl groups is 2. The number of hydrogen-bond donors (Lipinski definition) is 2. The minimum Gasteiger partial charge on any atom is -0.362 e. The Labute approximate surface area is 90.0 Å². The van der Waals surface area contributed by atoms with E-state index in [0.717, 1.165) is 32.5 Å². The fourth-order valence-electron chi connectivity index (χ4n) is 2.38. The highest BCUT2D eigenvalue weighted by molar-refractivity contribution is 5.86. The highest BCUT2D eigenvalue weighted by Crippen LogP contribution is 2.19. The van der Waals surface area contributed by atoms with Gasteiger partial charge in [-0.3, -0.25) is 4.99 Å². The molecule has 0 spiro atoms. The van der Waals surface area contributed by atoms with Crippen LogP contribution in [0.25, 0.3) is 0 Å². The zero-order valence-corrected chi connectivity index (χ0v) is 9.13. The Kier molecular flexibility index (Phi) is 3.23. The van der Waals surface area contributed by atoms with Crippen molar-refractivity contribution >= 4 is 5.84 Å². The van der Waals surface area contributed by atoms with Crippen molar-refractivity contribution in [3.05, 3.63) is 0 Å². The summed E-state index contributed by atoms with van der Waals surface area (Å²) >= 11 is 0. The molecule has 0 unspecified atom stereocenters. The van der Waals surface area contributed by atoms with Crippen LogP contribution in [0.3, 0.4) is 0 Å². The van der Waals surface area contributed by atoms with Crippen molar-refractivity contribution in [3.8, 4) is 0 Å². The molecule has 0 aromatic carbocycles. The molecule has 0 amide bonds. The number of aliphatic hydroxyl groups excluding tert-OH is 1. The van der Waals surface area contributed by atoms with E-state index in [1.807, 2.05) is 0 Å². The second kappa shape index (κ2) is 4.47. The van der Waals surface area contributed by atoms with Crippen molar-refractivity contribution in [2.75, 3.05) is 33.2 Å². The third kappa shape index (κ3) is 2.30. The largest absolute Gasteiger partial charge is 0.362 e. The van der Waals surface area contributed by atoms with E-state index in [1.165, 1.54) is 0 Å². The molecule has 0 radical (unpaired) electrons. The Balaban J connectivity index is 1.96. The third-order valence-electron chi connectivity index (χ3n) is 3.27. The van der Waals surface area contributed by atoms with Crippen LogP contribution in [0.2, 0.25) is 0 Å². The maximum absolute atomic E-state index is 9.18. The second-order valence-corrected chi connectivity index (χ2v) is 4.34. The first-order valence-electron chi connectivity index (χ1n) is 5.54. The van der Waals surface area contributed by atoms with E-state index < -0.39 is 6.29 Å². The lowest BCUT2D eigenvalue weighted by Gasteiger charge is -2.36. The molecule has 2 N–H and O–H groups in total. The van der Waals surface area contributed by atoms with Gasteiger partial charge in [0.25, 0.3) is 0 Å². The Bertz CT molecular complexity index is 247. The molecule has 5 nitrogen and oxygen atoms in total. The van der Waals surface area contributed by atoms with Gasteiger partial charge in [-0.15, -0.1) is 0 Å². The third-order valence-corrected chi connectivity index (χ3v) is 3.27. The molecule has 1 fully saturated rings. The molecule has 5 heteroatoms. The average Bonchev–Trinajstić information content (AvgIpc) is 2.67. The topological polar surface area (TPSA) is 59.3 Å². The summed E-state index contributed by atoms with van der Waals surface area (Å²) in [6.07, 6.45) is 0.761. The maximum Gasteiger partial charge on any atom is 0.211 e. The van der Waals surface area contributed by atoms with E-state index in [2.05, 4.69) is 21.8 Å². The molecule has 0 saturated carbocycles. The van der Waals surface area contributed by atoms with Gasteiger partial charge in [0.15, 0.2) is 5.84 Å². The fourth-order valence-corrected chi connectivity index (χ4v) is 2.38. The normalized spacial score (nSPS) is 25.1. The molecular weight excluding hydrogens is 194 g/mol.